The van der Waals surface area contributed by atoms with Crippen molar-refractivity contribution in [3.63, 3.8) is 0 Å². The Balaban J connectivity index is 1.43. The monoisotopic (exact) mass is 682 g/mol. The van der Waals surface area contributed by atoms with Gasteiger partial charge in [0.15, 0.2) is 0 Å². The Labute approximate surface area is 275 Å². The molecule has 0 aromatic heterocycles. The van der Waals surface area contributed by atoms with Gasteiger partial charge >= 0.3 is 0 Å². The molecule has 0 unspecified atom stereocenters. The number of rotatable bonds is 7. The number of nitrogens with one attached hydrogen (secondary N) is 2. The molecule has 2 aliphatic carbocycles. The summed E-state index contributed by atoms with van der Waals surface area (Å²) in [6.45, 7) is 3.16. The van der Waals surface area contributed by atoms with E-state index in [2.05, 4.69) is 21.1 Å². The van der Waals surface area contributed by atoms with Crippen LogP contribution in [0.5, 0.6) is 0 Å². The van der Waals surface area contributed by atoms with Gasteiger partial charge < -0.3 is 0 Å². The van der Waals surface area contributed by atoms with Crippen molar-refractivity contribution in [1.82, 2.24) is 0 Å². The third kappa shape index (κ3) is 6.24. The average Bonchev–Trinajstić information content (AvgIpc) is 3.03. The van der Waals surface area contributed by atoms with Crippen molar-refractivity contribution in [1.29, 1.82) is 0 Å². The summed E-state index contributed by atoms with van der Waals surface area (Å²) in [6, 6.07) is 18.9. The number of fused-ring (bicyclic) bond motifs is 2. The van der Waals surface area contributed by atoms with Crippen LogP contribution in [0.3, 0.4) is 0 Å². The first-order valence-electron chi connectivity index (χ1n) is 14.3. The smallest absolute Gasteiger partial charge is 0.287 e. The first-order chi connectivity index (χ1) is 22.7. The van der Waals surface area contributed by atoms with Gasteiger partial charge in [-0.3, -0.25) is 29.5 Å². The highest BCUT2D eigenvalue weighted by atomic mass is 32.2. The summed E-state index contributed by atoms with van der Waals surface area (Å²) in [5, 5.41) is 8.46. The van der Waals surface area contributed by atoms with E-state index in [9.17, 15) is 35.5 Å². The van der Waals surface area contributed by atoms with Crippen LogP contribution in [-0.2, 0) is 29.8 Å². The fourth-order valence-corrected chi connectivity index (χ4v) is 6.83. The molecule has 242 valence electrons. The van der Waals surface area contributed by atoms with Gasteiger partial charge in [-0.1, -0.05) is 60.7 Å². The number of carbonyl (C=O) groups excluding carboxylic acids is 2. The molecule has 0 spiro atoms. The van der Waals surface area contributed by atoms with Crippen molar-refractivity contribution in [2.45, 2.75) is 23.6 Å². The van der Waals surface area contributed by atoms with Crippen molar-refractivity contribution < 1.29 is 35.5 Å². The predicted octanol–water partition coefficient (Wildman–Crippen LogP) is 5.29. The van der Waals surface area contributed by atoms with Gasteiger partial charge in [-0.25, -0.2) is 0 Å². The van der Waals surface area contributed by atoms with Gasteiger partial charge in [-0.2, -0.15) is 27.0 Å². The molecule has 4 aromatic rings. The van der Waals surface area contributed by atoms with E-state index in [4.69, 9.17) is 0 Å². The normalized spacial score (nSPS) is 15.8. The molecular weight excluding hydrogens is 657 g/mol. The summed E-state index contributed by atoms with van der Waals surface area (Å²) in [5.74, 6) is -0.766. The molecule has 4 aromatic carbocycles. The van der Waals surface area contributed by atoms with E-state index in [1.807, 2.05) is 0 Å². The largest absolute Gasteiger partial charge is 0.295 e. The Hall–Kier alpha value is -5.54. The quantitative estimate of drug-likeness (QED) is 0.147. The van der Waals surface area contributed by atoms with Crippen LogP contribution in [0.2, 0.25) is 0 Å². The number of benzene rings is 4. The molecule has 0 bridgehead atoms. The number of allylic oxidation sites excluding steroid dienone is 2. The molecule has 48 heavy (non-hydrogen) atoms. The number of hydrogen-bond donors (Lipinski definition) is 4. The van der Waals surface area contributed by atoms with Crippen LogP contribution < -0.4 is 10.9 Å². The van der Waals surface area contributed by atoms with E-state index in [-0.39, 0.29) is 45.5 Å². The maximum Gasteiger partial charge on any atom is 0.295 e. The third-order valence-corrected chi connectivity index (χ3v) is 9.59. The lowest BCUT2D eigenvalue weighted by atomic mass is 9.95. The third-order valence-electron chi connectivity index (χ3n) is 7.80. The maximum atomic E-state index is 12.7. The lowest BCUT2D eigenvalue weighted by molar-refractivity contribution is -0.109. The number of hydrazone groups is 2. The lowest BCUT2D eigenvalue weighted by Crippen LogP contribution is -2.19. The Morgan fingerprint density at radius 3 is 1.29 bits per heavy atom. The molecule has 0 amide bonds. The fourth-order valence-electron chi connectivity index (χ4n) is 5.40. The van der Waals surface area contributed by atoms with Crippen molar-refractivity contribution in [3.8, 4) is 11.1 Å². The number of carbonyl (C=O) groups is 2. The highest BCUT2D eigenvalue weighted by Gasteiger charge is 2.27. The summed E-state index contributed by atoms with van der Waals surface area (Å²) in [4.78, 5) is 23.9. The molecule has 2 aliphatic rings. The summed E-state index contributed by atoms with van der Waals surface area (Å²) < 4.78 is 71.2. The minimum absolute atomic E-state index is 0.0790. The van der Waals surface area contributed by atoms with Gasteiger partial charge in [0.1, 0.15) is 21.2 Å². The molecule has 0 radical (unpaired) electrons. The first kappa shape index (κ1) is 32.4. The highest BCUT2D eigenvalue weighted by Crippen LogP contribution is 2.39. The summed E-state index contributed by atoms with van der Waals surface area (Å²) >= 11 is 0. The van der Waals surface area contributed by atoms with Crippen LogP contribution in [0.25, 0.3) is 23.3 Å². The minimum Gasteiger partial charge on any atom is -0.287 e. The predicted molar refractivity (Wildman–Crippen MR) is 182 cm³/mol. The van der Waals surface area contributed by atoms with Crippen molar-refractivity contribution in [2.75, 3.05) is 10.9 Å². The molecule has 4 N–H and O–H groups in total. The van der Waals surface area contributed by atoms with Crippen LogP contribution in [0.4, 0.5) is 11.4 Å². The number of hydrogen-bond acceptors (Lipinski definition) is 10. The highest BCUT2D eigenvalue weighted by molar-refractivity contribution is 7.86. The fraction of sp³-hybridized carbons (Fsp3) is 0.0588. The summed E-state index contributed by atoms with van der Waals surface area (Å²) in [5.41, 5.74) is 8.66. The second kappa shape index (κ2) is 12.2. The van der Waals surface area contributed by atoms with Crippen LogP contribution in [-0.4, -0.2) is 48.9 Å². The molecule has 14 heteroatoms. The first-order valence-corrected chi connectivity index (χ1v) is 17.2. The van der Waals surface area contributed by atoms with Gasteiger partial charge in [0.05, 0.1) is 11.4 Å². The number of ketones is 2. The van der Waals surface area contributed by atoms with E-state index < -0.39 is 30.0 Å². The zero-order valence-electron chi connectivity index (χ0n) is 25.3. The molecular formula is C34H26N4O8S2. The second-order valence-electron chi connectivity index (χ2n) is 11.0. The second-order valence-corrected chi connectivity index (χ2v) is 13.8. The van der Waals surface area contributed by atoms with E-state index in [0.717, 1.165) is 23.3 Å². The molecule has 0 fully saturated rings. The van der Waals surface area contributed by atoms with E-state index in [1.54, 1.807) is 74.5 Å². The molecule has 0 saturated heterocycles. The average molecular weight is 683 g/mol. The Morgan fingerprint density at radius 2 is 0.917 bits per heavy atom. The summed E-state index contributed by atoms with van der Waals surface area (Å²) in [6.07, 6.45) is 6.02. The molecule has 0 atom stereocenters. The van der Waals surface area contributed by atoms with Crippen LogP contribution >= 0.6 is 0 Å². The summed E-state index contributed by atoms with van der Waals surface area (Å²) in [7, 11) is -9.98. The van der Waals surface area contributed by atoms with E-state index in [0.29, 0.717) is 22.3 Å². The lowest BCUT2D eigenvalue weighted by Gasteiger charge is -2.18. The Bertz CT molecular complexity index is 2240. The zero-order chi connectivity index (χ0) is 34.4. The molecule has 6 rings (SSSR count). The Morgan fingerprint density at radius 1 is 0.542 bits per heavy atom. The molecule has 0 heterocycles. The van der Waals surface area contributed by atoms with Gasteiger partial charge in [0.25, 0.3) is 20.2 Å². The van der Waals surface area contributed by atoms with Crippen molar-refractivity contribution >= 4 is 66.8 Å². The maximum absolute atomic E-state index is 12.7. The van der Waals surface area contributed by atoms with Crippen LogP contribution in [0.1, 0.15) is 33.4 Å². The van der Waals surface area contributed by atoms with Crippen molar-refractivity contribution in [3.05, 3.63) is 118 Å². The molecule has 0 aliphatic heterocycles. The van der Waals surface area contributed by atoms with Gasteiger partial charge in [0, 0.05) is 22.3 Å². The van der Waals surface area contributed by atoms with E-state index >= 15 is 0 Å². The minimum atomic E-state index is -4.99. The topological polar surface area (TPSA) is 192 Å². The van der Waals surface area contributed by atoms with Gasteiger partial charge in [-0.05, 0) is 72.5 Å². The van der Waals surface area contributed by atoms with Gasteiger partial charge in [-0.15, -0.1) is 0 Å². The standard InChI is InChI=1S/C34H26N4O8S2/c1-19-15-25(31(47(41,42)43)17-27(19)35-37-33-23-9-5-3-7-21(23)11-13-29(33)39)26-16-20(2)28(18-32(26)48(44,45)46)36-38-34-24-10-6-4-8-22(24)12-14-30(34)40/h3-18,35-36H,1-2H3,(H,41,42,43)(H,44,45,46)/b37-33-,38-34-. The van der Waals surface area contributed by atoms with Crippen LogP contribution in [0, 0.1) is 13.8 Å². The van der Waals surface area contributed by atoms with Crippen LogP contribution in [0.15, 0.2) is 105 Å². The van der Waals surface area contributed by atoms with Crippen molar-refractivity contribution in [2.24, 2.45) is 10.2 Å². The zero-order valence-corrected chi connectivity index (χ0v) is 26.9. The van der Waals surface area contributed by atoms with E-state index in [1.165, 1.54) is 24.3 Å². The van der Waals surface area contributed by atoms with Gasteiger partial charge in [0.2, 0.25) is 11.6 Å². The number of anilines is 2. The number of nitrogens with zero attached hydrogens (tertiary/aromatic N) is 2. The molecule has 12 nitrogen and oxygen atoms in total. The number of aryl methyl sites for hydroxylation is 2. The molecule has 0 saturated carbocycles. The SMILES string of the molecule is Cc1cc(-c2cc(C)c(N/N=C3\C(=O)C=Cc4ccccc43)cc2S(=O)(=O)O)c(S(=O)(=O)O)cc1N/N=C1\C(=O)C=Cc2ccccc21. The Kier molecular flexibility index (Phi) is 8.26.